The van der Waals surface area contributed by atoms with Crippen LogP contribution in [0.1, 0.15) is 49.2 Å². The van der Waals surface area contributed by atoms with E-state index in [1.165, 1.54) is 31.2 Å². The van der Waals surface area contributed by atoms with Crippen molar-refractivity contribution in [2.45, 2.75) is 37.8 Å². The van der Waals surface area contributed by atoms with Crippen LogP contribution < -0.4 is 0 Å². The molecule has 24 heavy (non-hydrogen) atoms. The van der Waals surface area contributed by atoms with E-state index in [1.54, 1.807) is 0 Å². The molecule has 2 aliphatic rings. The molecule has 0 bridgehead atoms. The van der Waals surface area contributed by atoms with Crippen LogP contribution in [0.2, 0.25) is 5.02 Å². The lowest BCUT2D eigenvalue weighted by Crippen LogP contribution is -2.38. The summed E-state index contributed by atoms with van der Waals surface area (Å²) in [7, 11) is 0. The quantitative estimate of drug-likeness (QED) is 0.830. The van der Waals surface area contributed by atoms with Gasteiger partial charge in [-0.1, -0.05) is 36.6 Å². The summed E-state index contributed by atoms with van der Waals surface area (Å²) in [5, 5.41) is 13.6. The molecule has 2 heterocycles. The highest BCUT2D eigenvalue weighted by Crippen LogP contribution is 2.35. The monoisotopic (exact) mass is 363 g/mol. The maximum Gasteiger partial charge on any atom is 0.173 e. The molecular formula is C17H22ClN5S. The summed E-state index contributed by atoms with van der Waals surface area (Å²) in [4.78, 5) is 2.51. The molecular weight excluding hydrogens is 342 g/mol. The van der Waals surface area contributed by atoms with Crippen molar-refractivity contribution in [1.29, 1.82) is 0 Å². The number of aromatic nitrogens is 4. The van der Waals surface area contributed by atoms with Crippen LogP contribution in [0, 0.1) is 0 Å². The molecule has 1 saturated heterocycles. The van der Waals surface area contributed by atoms with Crippen molar-refractivity contribution in [3.05, 3.63) is 40.7 Å². The maximum absolute atomic E-state index is 6.10. The van der Waals surface area contributed by atoms with Gasteiger partial charge in [-0.25, -0.2) is 4.68 Å². The highest BCUT2D eigenvalue weighted by molar-refractivity contribution is 7.99. The minimum atomic E-state index is 0.110. The first-order chi connectivity index (χ1) is 11.8. The van der Waals surface area contributed by atoms with Crippen molar-refractivity contribution in [3.8, 4) is 0 Å². The molecule has 1 aliphatic heterocycles. The van der Waals surface area contributed by atoms with E-state index in [4.69, 9.17) is 11.6 Å². The Balaban J connectivity index is 1.72. The largest absolute Gasteiger partial charge is 0.288 e. The summed E-state index contributed by atoms with van der Waals surface area (Å²) in [5.41, 5.74) is 1.22. The van der Waals surface area contributed by atoms with Crippen LogP contribution in [-0.2, 0) is 0 Å². The van der Waals surface area contributed by atoms with Crippen LogP contribution in [0.3, 0.4) is 0 Å². The standard InChI is InChI=1S/C17H22ClN5S/c18-14-7-5-13(6-8-14)16(22-9-11-24-12-10-22)17-19-20-21-23(17)15-3-1-2-4-15/h5-8,15-16H,1-4,9-12H2/t16-/m0/s1. The Morgan fingerprint density at radius 2 is 1.79 bits per heavy atom. The highest BCUT2D eigenvalue weighted by Gasteiger charge is 2.31. The topological polar surface area (TPSA) is 46.8 Å². The van der Waals surface area contributed by atoms with E-state index >= 15 is 0 Å². The van der Waals surface area contributed by atoms with Crippen LogP contribution in [0.5, 0.6) is 0 Å². The molecule has 1 aromatic heterocycles. The summed E-state index contributed by atoms with van der Waals surface area (Å²) >= 11 is 8.12. The van der Waals surface area contributed by atoms with E-state index < -0.39 is 0 Å². The molecule has 1 saturated carbocycles. The third kappa shape index (κ3) is 3.32. The molecule has 1 atom stereocenters. The van der Waals surface area contributed by atoms with E-state index in [0.29, 0.717) is 6.04 Å². The molecule has 1 aromatic carbocycles. The van der Waals surface area contributed by atoms with E-state index in [2.05, 4.69) is 37.2 Å². The first-order valence-electron chi connectivity index (χ1n) is 8.68. The zero-order chi connectivity index (χ0) is 16.4. The van der Waals surface area contributed by atoms with Crippen molar-refractivity contribution in [2.24, 2.45) is 0 Å². The molecule has 1 aliphatic carbocycles. The molecule has 2 fully saturated rings. The Morgan fingerprint density at radius 3 is 2.50 bits per heavy atom. The number of nitrogens with zero attached hydrogens (tertiary/aromatic N) is 5. The Bertz CT molecular complexity index is 662. The molecule has 0 amide bonds. The smallest absolute Gasteiger partial charge is 0.173 e. The van der Waals surface area contributed by atoms with Gasteiger partial charge in [0.05, 0.1) is 12.1 Å². The van der Waals surface area contributed by atoms with Crippen LogP contribution in [0.15, 0.2) is 24.3 Å². The number of thioether (sulfide) groups is 1. The van der Waals surface area contributed by atoms with Gasteiger partial charge in [-0.15, -0.1) is 5.10 Å². The second kappa shape index (κ2) is 7.42. The van der Waals surface area contributed by atoms with Gasteiger partial charge in [0, 0.05) is 29.6 Å². The van der Waals surface area contributed by atoms with Crippen molar-refractivity contribution in [3.63, 3.8) is 0 Å². The minimum absolute atomic E-state index is 0.110. The fourth-order valence-corrected chi connectivity index (χ4v) is 4.85. The van der Waals surface area contributed by atoms with Gasteiger partial charge in [0.2, 0.25) is 0 Å². The van der Waals surface area contributed by atoms with Gasteiger partial charge in [0.25, 0.3) is 0 Å². The predicted octanol–water partition coefficient (Wildman–Crippen LogP) is 3.58. The Labute approximate surface area is 151 Å². The number of tetrazole rings is 1. The minimum Gasteiger partial charge on any atom is -0.288 e. The average Bonchev–Trinajstić information content (AvgIpc) is 3.29. The molecule has 0 spiro atoms. The molecule has 7 heteroatoms. The number of rotatable bonds is 4. The van der Waals surface area contributed by atoms with Crippen molar-refractivity contribution in [1.82, 2.24) is 25.1 Å². The molecule has 0 N–H and O–H groups in total. The van der Waals surface area contributed by atoms with Crippen LogP contribution in [-0.4, -0.2) is 49.7 Å². The average molecular weight is 364 g/mol. The highest BCUT2D eigenvalue weighted by atomic mass is 35.5. The zero-order valence-electron chi connectivity index (χ0n) is 13.6. The molecule has 4 rings (SSSR count). The fraction of sp³-hybridized carbons (Fsp3) is 0.588. The zero-order valence-corrected chi connectivity index (χ0v) is 15.2. The molecule has 0 radical (unpaired) electrons. The van der Waals surface area contributed by atoms with Gasteiger partial charge in [-0.05, 0) is 41.0 Å². The lowest BCUT2D eigenvalue weighted by molar-refractivity contribution is 0.230. The second-order valence-electron chi connectivity index (χ2n) is 6.52. The summed E-state index contributed by atoms with van der Waals surface area (Å²) in [6, 6.07) is 8.71. The number of hydrogen-bond acceptors (Lipinski definition) is 5. The van der Waals surface area contributed by atoms with Gasteiger partial charge >= 0.3 is 0 Å². The first kappa shape index (κ1) is 16.4. The second-order valence-corrected chi connectivity index (χ2v) is 8.18. The van der Waals surface area contributed by atoms with Crippen molar-refractivity contribution in [2.75, 3.05) is 24.6 Å². The van der Waals surface area contributed by atoms with Gasteiger partial charge in [0.15, 0.2) is 5.82 Å². The van der Waals surface area contributed by atoms with Gasteiger partial charge < -0.3 is 0 Å². The number of benzene rings is 1. The Morgan fingerprint density at radius 1 is 1.08 bits per heavy atom. The summed E-state index contributed by atoms with van der Waals surface area (Å²) < 4.78 is 2.09. The third-order valence-electron chi connectivity index (χ3n) is 5.03. The Kier molecular flexibility index (Phi) is 5.06. The summed E-state index contributed by atoms with van der Waals surface area (Å²) in [6.07, 6.45) is 4.91. The van der Waals surface area contributed by atoms with E-state index in [1.807, 2.05) is 23.9 Å². The molecule has 2 aromatic rings. The number of hydrogen-bond donors (Lipinski definition) is 0. The lowest BCUT2D eigenvalue weighted by atomic mass is 10.0. The number of halogens is 1. The summed E-state index contributed by atoms with van der Waals surface area (Å²) in [6.45, 7) is 2.13. The van der Waals surface area contributed by atoms with E-state index in [9.17, 15) is 0 Å². The van der Waals surface area contributed by atoms with Crippen LogP contribution in [0.4, 0.5) is 0 Å². The Hall–Kier alpha value is -1.11. The molecule has 5 nitrogen and oxygen atoms in total. The first-order valence-corrected chi connectivity index (χ1v) is 10.2. The van der Waals surface area contributed by atoms with Crippen LogP contribution >= 0.6 is 23.4 Å². The molecule has 0 unspecified atom stereocenters. The van der Waals surface area contributed by atoms with Gasteiger partial charge in [-0.3, -0.25) is 4.90 Å². The van der Waals surface area contributed by atoms with E-state index in [0.717, 1.165) is 35.4 Å². The fourth-order valence-electron chi connectivity index (χ4n) is 3.79. The van der Waals surface area contributed by atoms with Crippen molar-refractivity contribution >= 4 is 23.4 Å². The lowest BCUT2D eigenvalue weighted by Gasteiger charge is -2.34. The van der Waals surface area contributed by atoms with E-state index in [-0.39, 0.29) is 6.04 Å². The van der Waals surface area contributed by atoms with Gasteiger partial charge in [0.1, 0.15) is 0 Å². The van der Waals surface area contributed by atoms with Crippen LogP contribution in [0.25, 0.3) is 0 Å². The predicted molar refractivity (Wildman–Crippen MR) is 97.5 cm³/mol. The SMILES string of the molecule is Clc1ccc([C@@H](c2nnnn2C2CCCC2)N2CCSCC2)cc1. The third-order valence-corrected chi connectivity index (χ3v) is 6.22. The van der Waals surface area contributed by atoms with Crippen molar-refractivity contribution < 1.29 is 0 Å². The molecule has 128 valence electrons. The van der Waals surface area contributed by atoms with Gasteiger partial charge in [-0.2, -0.15) is 11.8 Å². The normalized spacial score (nSPS) is 21.2. The summed E-state index contributed by atoms with van der Waals surface area (Å²) in [5.74, 6) is 3.31. The maximum atomic E-state index is 6.10.